The summed E-state index contributed by atoms with van der Waals surface area (Å²) in [6.07, 6.45) is 5.13. The molecule has 0 aliphatic carbocycles. The Kier molecular flexibility index (Phi) is 4.67. The molecule has 2 aliphatic heterocycles. The first-order chi connectivity index (χ1) is 12.4. The van der Waals surface area contributed by atoms with Crippen LogP contribution in [0, 0.1) is 19.3 Å². The number of terminal acetylenes is 1. The maximum absolute atomic E-state index is 12.9. The summed E-state index contributed by atoms with van der Waals surface area (Å²) in [7, 11) is 1.62. The highest BCUT2D eigenvalue weighted by Gasteiger charge is 2.43. The minimum Gasteiger partial charge on any atom is -0.344 e. The molecule has 134 valence electrons. The Labute approximate surface area is 152 Å². The number of likely N-dealkylation sites (N-methyl/N-ethyl adjacent to an activating group) is 1. The van der Waals surface area contributed by atoms with Crippen LogP contribution in [0.2, 0.25) is 0 Å². The Morgan fingerprint density at radius 1 is 1.35 bits per heavy atom. The van der Waals surface area contributed by atoms with Gasteiger partial charge in [-0.2, -0.15) is 0 Å². The number of carbonyl (C=O) groups excluding carboxylic acids is 3. The zero-order valence-electron chi connectivity index (χ0n) is 14.7. The minimum absolute atomic E-state index is 0.101. The Balaban J connectivity index is 1.87. The second-order valence-electron chi connectivity index (χ2n) is 6.35. The highest BCUT2D eigenvalue weighted by molar-refractivity contribution is 6.02. The van der Waals surface area contributed by atoms with Gasteiger partial charge in [0.15, 0.2) is 0 Å². The summed E-state index contributed by atoms with van der Waals surface area (Å²) in [6, 6.07) is 6.85. The smallest absolute Gasteiger partial charge is 0.322 e. The summed E-state index contributed by atoms with van der Waals surface area (Å²) < 4.78 is 0. The van der Waals surface area contributed by atoms with Gasteiger partial charge in [-0.05, 0) is 12.5 Å². The first-order valence-electron chi connectivity index (χ1n) is 8.25. The lowest BCUT2D eigenvalue weighted by Gasteiger charge is -2.31. The van der Waals surface area contributed by atoms with Crippen molar-refractivity contribution < 1.29 is 14.4 Å². The summed E-state index contributed by atoms with van der Waals surface area (Å²) in [5.41, 5.74) is 3.04. The van der Waals surface area contributed by atoms with Gasteiger partial charge in [0.05, 0.1) is 30.4 Å². The van der Waals surface area contributed by atoms with Gasteiger partial charge in [-0.15, -0.1) is 6.42 Å². The van der Waals surface area contributed by atoms with E-state index in [9.17, 15) is 14.4 Å². The van der Waals surface area contributed by atoms with Gasteiger partial charge in [0.25, 0.3) is 5.91 Å². The number of benzene rings is 1. The molecular formula is C19H20N4O3. The number of nitrogens with zero attached hydrogens (tertiary/aromatic N) is 2. The quantitative estimate of drug-likeness (QED) is 0.776. The Morgan fingerprint density at radius 2 is 2.04 bits per heavy atom. The molecule has 2 N–H and O–H groups in total. The van der Waals surface area contributed by atoms with E-state index in [1.165, 1.54) is 9.80 Å². The second kappa shape index (κ2) is 6.92. The van der Waals surface area contributed by atoms with Gasteiger partial charge in [-0.25, -0.2) is 4.79 Å². The Bertz CT molecular complexity index is 835. The van der Waals surface area contributed by atoms with E-state index in [2.05, 4.69) is 16.6 Å². The van der Waals surface area contributed by atoms with Crippen molar-refractivity contribution >= 4 is 17.8 Å². The fourth-order valence-electron chi connectivity index (χ4n) is 3.14. The number of carbonyl (C=O) groups is 3. The molecule has 7 heteroatoms. The van der Waals surface area contributed by atoms with Crippen LogP contribution in [0.15, 0.2) is 35.5 Å². The van der Waals surface area contributed by atoms with Crippen LogP contribution in [0.5, 0.6) is 0 Å². The Morgan fingerprint density at radius 3 is 2.69 bits per heavy atom. The van der Waals surface area contributed by atoms with Gasteiger partial charge in [0.1, 0.15) is 6.54 Å². The number of rotatable bonds is 4. The molecule has 1 aromatic carbocycles. The number of aryl methyl sites for hydroxylation is 1. The zero-order chi connectivity index (χ0) is 18.8. The molecule has 0 radical (unpaired) electrons. The van der Waals surface area contributed by atoms with Crippen molar-refractivity contribution in [2.75, 3.05) is 26.7 Å². The van der Waals surface area contributed by atoms with Crippen LogP contribution < -0.4 is 10.6 Å². The van der Waals surface area contributed by atoms with Crippen LogP contribution >= 0.6 is 0 Å². The first kappa shape index (κ1) is 17.5. The van der Waals surface area contributed by atoms with E-state index in [-0.39, 0.29) is 37.5 Å². The third-order valence-corrected chi connectivity index (χ3v) is 4.57. The number of amides is 4. The second-order valence-corrected chi connectivity index (χ2v) is 6.35. The molecular weight excluding hydrogens is 332 g/mol. The van der Waals surface area contributed by atoms with Crippen LogP contribution in [0.3, 0.4) is 0 Å². The molecule has 26 heavy (non-hydrogen) atoms. The van der Waals surface area contributed by atoms with Gasteiger partial charge < -0.3 is 15.5 Å². The molecule has 2 aliphatic rings. The SMILES string of the molecule is C#CCNC(=O)CN1CC2=C(C1=O)C(c1ccc(C)cc1)NC(=O)N2C. The standard InChI is InChI=1S/C19H20N4O3/c1-4-9-20-15(24)11-23-10-14-16(18(23)25)17(21-19(26)22(14)3)13-7-5-12(2)6-8-13/h1,5-8,17H,9-11H2,2-3H3,(H,20,24)(H,21,26). The summed E-state index contributed by atoms with van der Waals surface area (Å²) in [4.78, 5) is 40.0. The van der Waals surface area contributed by atoms with E-state index >= 15 is 0 Å². The molecule has 3 rings (SSSR count). The molecule has 1 aromatic rings. The lowest BCUT2D eigenvalue weighted by molar-refractivity contribution is -0.131. The number of urea groups is 1. The highest BCUT2D eigenvalue weighted by Crippen LogP contribution is 2.35. The topological polar surface area (TPSA) is 81.8 Å². The summed E-state index contributed by atoms with van der Waals surface area (Å²) in [6.45, 7) is 2.19. The van der Waals surface area contributed by atoms with Crippen LogP contribution in [0.1, 0.15) is 17.2 Å². The van der Waals surface area contributed by atoms with Crippen LogP contribution in [0.25, 0.3) is 0 Å². The largest absolute Gasteiger partial charge is 0.344 e. The van der Waals surface area contributed by atoms with Crippen LogP contribution in [-0.4, -0.2) is 54.3 Å². The zero-order valence-corrected chi connectivity index (χ0v) is 14.7. The van der Waals surface area contributed by atoms with Crippen molar-refractivity contribution in [3.8, 4) is 12.3 Å². The van der Waals surface area contributed by atoms with Crippen molar-refractivity contribution in [1.29, 1.82) is 0 Å². The maximum atomic E-state index is 12.9. The number of hydrogen-bond donors (Lipinski definition) is 2. The average Bonchev–Trinajstić information content (AvgIpc) is 2.94. The first-order valence-corrected chi connectivity index (χ1v) is 8.25. The normalized spacial score (nSPS) is 19.2. The Hall–Kier alpha value is -3.27. The van der Waals surface area contributed by atoms with Crippen LogP contribution in [-0.2, 0) is 9.59 Å². The predicted octanol–water partition coefficient (Wildman–Crippen LogP) is 0.537. The monoisotopic (exact) mass is 352 g/mol. The van der Waals surface area contributed by atoms with E-state index in [1.54, 1.807) is 7.05 Å². The molecule has 0 aromatic heterocycles. The molecule has 0 saturated carbocycles. The summed E-state index contributed by atoms with van der Waals surface area (Å²) in [5.74, 6) is 1.74. The molecule has 7 nitrogen and oxygen atoms in total. The molecule has 0 fully saturated rings. The van der Waals surface area contributed by atoms with E-state index in [0.29, 0.717) is 11.3 Å². The van der Waals surface area contributed by atoms with Gasteiger partial charge in [0, 0.05) is 7.05 Å². The molecule has 4 amide bonds. The van der Waals surface area contributed by atoms with Crippen LogP contribution in [0.4, 0.5) is 4.79 Å². The van der Waals surface area contributed by atoms with Crippen molar-refractivity contribution in [3.05, 3.63) is 46.7 Å². The molecule has 0 spiro atoms. The molecule has 0 bridgehead atoms. The molecule has 1 atom stereocenters. The fourth-order valence-corrected chi connectivity index (χ4v) is 3.14. The van der Waals surface area contributed by atoms with Crippen molar-refractivity contribution in [3.63, 3.8) is 0 Å². The third-order valence-electron chi connectivity index (χ3n) is 4.57. The third kappa shape index (κ3) is 3.14. The highest BCUT2D eigenvalue weighted by atomic mass is 16.2. The van der Waals surface area contributed by atoms with E-state index in [1.807, 2.05) is 31.2 Å². The number of nitrogens with one attached hydrogen (secondary N) is 2. The summed E-state index contributed by atoms with van der Waals surface area (Å²) >= 11 is 0. The molecule has 0 saturated heterocycles. The lowest BCUT2D eigenvalue weighted by atomic mass is 9.95. The van der Waals surface area contributed by atoms with Crippen molar-refractivity contribution in [2.45, 2.75) is 13.0 Å². The van der Waals surface area contributed by atoms with Crippen molar-refractivity contribution in [1.82, 2.24) is 20.4 Å². The van der Waals surface area contributed by atoms with Gasteiger partial charge in [-0.1, -0.05) is 35.7 Å². The van der Waals surface area contributed by atoms with E-state index in [4.69, 9.17) is 6.42 Å². The maximum Gasteiger partial charge on any atom is 0.322 e. The summed E-state index contributed by atoms with van der Waals surface area (Å²) in [5, 5.41) is 5.41. The predicted molar refractivity (Wildman–Crippen MR) is 95.7 cm³/mol. The van der Waals surface area contributed by atoms with Gasteiger partial charge in [0.2, 0.25) is 5.91 Å². The van der Waals surface area contributed by atoms with Gasteiger partial charge >= 0.3 is 6.03 Å². The van der Waals surface area contributed by atoms with Crippen molar-refractivity contribution in [2.24, 2.45) is 0 Å². The molecule has 1 unspecified atom stereocenters. The van der Waals surface area contributed by atoms with E-state index in [0.717, 1.165) is 11.1 Å². The minimum atomic E-state index is -0.527. The molecule has 2 heterocycles. The average molecular weight is 352 g/mol. The number of hydrogen-bond acceptors (Lipinski definition) is 3. The lowest BCUT2D eigenvalue weighted by Crippen LogP contribution is -2.45. The fraction of sp³-hybridized carbons (Fsp3) is 0.316. The van der Waals surface area contributed by atoms with E-state index < -0.39 is 6.04 Å². The van der Waals surface area contributed by atoms with Gasteiger partial charge in [-0.3, -0.25) is 14.5 Å².